The number of rotatable bonds is 3. The fourth-order valence-electron chi connectivity index (χ4n) is 2.67. The normalized spacial score (nSPS) is 17.5. The van der Waals surface area contributed by atoms with Crippen LogP contribution in [-0.2, 0) is 13.0 Å². The van der Waals surface area contributed by atoms with Crippen LogP contribution in [0.4, 0.5) is 11.5 Å². The van der Waals surface area contributed by atoms with Gasteiger partial charge in [0, 0.05) is 25.8 Å². The number of hydrogen-bond acceptors (Lipinski definition) is 6. The minimum atomic E-state index is -0.0320. The first-order valence-electron chi connectivity index (χ1n) is 6.96. The maximum atomic E-state index is 9.91. The zero-order valence-electron chi connectivity index (χ0n) is 12.0. The van der Waals surface area contributed by atoms with Gasteiger partial charge in [0.2, 0.25) is 0 Å². The van der Waals surface area contributed by atoms with Gasteiger partial charge in [-0.2, -0.15) is 5.10 Å². The Balaban J connectivity index is 1.80. The minimum Gasteiger partial charge on any atom is -0.354 e. The maximum Gasteiger partial charge on any atom is 0.151 e. The van der Waals surface area contributed by atoms with Crippen molar-refractivity contribution >= 4 is 11.5 Å². The van der Waals surface area contributed by atoms with Crippen LogP contribution in [0.2, 0.25) is 0 Å². The first-order chi connectivity index (χ1) is 10.1. The third-order valence-electron chi connectivity index (χ3n) is 3.68. The molecule has 3 N–H and O–H groups in total. The smallest absolute Gasteiger partial charge is 0.151 e. The highest BCUT2D eigenvalue weighted by atomic mass is 16.5. The van der Waals surface area contributed by atoms with E-state index in [0.717, 1.165) is 35.6 Å². The molecule has 1 aliphatic heterocycles. The van der Waals surface area contributed by atoms with Gasteiger partial charge in [-0.1, -0.05) is 12.1 Å². The number of nitrogens with two attached hydrogens (primary N) is 1. The first kappa shape index (κ1) is 13.8. The average molecular weight is 285 g/mol. The van der Waals surface area contributed by atoms with Gasteiger partial charge in [-0.05, 0) is 35.7 Å². The van der Waals surface area contributed by atoms with Crippen molar-refractivity contribution < 1.29 is 5.21 Å². The van der Waals surface area contributed by atoms with E-state index in [9.17, 15) is 5.21 Å². The summed E-state index contributed by atoms with van der Waals surface area (Å²) in [5.41, 5.74) is 9.04. The summed E-state index contributed by atoms with van der Waals surface area (Å²) in [7, 11) is 1.98. The molecule has 6 heteroatoms. The third-order valence-corrected chi connectivity index (χ3v) is 3.68. The van der Waals surface area contributed by atoms with E-state index in [1.165, 1.54) is 5.06 Å². The Labute approximate surface area is 123 Å². The van der Waals surface area contributed by atoms with Gasteiger partial charge in [-0.25, -0.2) is 0 Å². The Kier molecular flexibility index (Phi) is 3.72. The number of hydroxylamine groups is 1. The SMILES string of the molecule is CN(Cc1ccc2c(c1)C[C@H](N)CN2O)c1cccnn1. The van der Waals surface area contributed by atoms with Gasteiger partial charge in [0.05, 0.1) is 12.2 Å². The van der Waals surface area contributed by atoms with Crippen LogP contribution >= 0.6 is 0 Å². The van der Waals surface area contributed by atoms with Gasteiger partial charge in [0.25, 0.3) is 0 Å². The molecule has 0 amide bonds. The number of aromatic nitrogens is 2. The van der Waals surface area contributed by atoms with Gasteiger partial charge < -0.3 is 10.6 Å². The van der Waals surface area contributed by atoms with E-state index in [0.29, 0.717) is 6.54 Å². The second-order valence-electron chi connectivity index (χ2n) is 5.45. The lowest BCUT2D eigenvalue weighted by atomic mass is 9.97. The molecule has 2 aromatic rings. The van der Waals surface area contributed by atoms with Gasteiger partial charge >= 0.3 is 0 Å². The van der Waals surface area contributed by atoms with Crippen LogP contribution in [0.25, 0.3) is 0 Å². The van der Waals surface area contributed by atoms with E-state index in [1.54, 1.807) is 6.20 Å². The van der Waals surface area contributed by atoms with E-state index >= 15 is 0 Å². The van der Waals surface area contributed by atoms with Gasteiger partial charge in [-0.15, -0.1) is 5.10 Å². The number of fused-ring (bicyclic) bond motifs is 1. The predicted molar refractivity (Wildman–Crippen MR) is 81.4 cm³/mol. The highest BCUT2D eigenvalue weighted by Gasteiger charge is 2.21. The number of nitrogens with zero attached hydrogens (tertiary/aromatic N) is 4. The van der Waals surface area contributed by atoms with Gasteiger partial charge in [0.15, 0.2) is 5.82 Å². The Morgan fingerprint density at radius 3 is 3.05 bits per heavy atom. The monoisotopic (exact) mass is 285 g/mol. The van der Waals surface area contributed by atoms with Gasteiger partial charge in [0.1, 0.15) is 0 Å². The molecule has 3 rings (SSSR count). The predicted octanol–water partition coefficient (Wildman–Crippen LogP) is 1.19. The van der Waals surface area contributed by atoms with Crippen molar-refractivity contribution in [1.82, 2.24) is 10.2 Å². The van der Waals surface area contributed by atoms with Crippen molar-refractivity contribution in [2.24, 2.45) is 5.73 Å². The molecule has 0 saturated heterocycles. The van der Waals surface area contributed by atoms with Crippen LogP contribution in [0.3, 0.4) is 0 Å². The molecular formula is C15H19N5O. The van der Waals surface area contributed by atoms with Crippen LogP contribution in [0.15, 0.2) is 36.5 Å². The van der Waals surface area contributed by atoms with Crippen LogP contribution in [-0.4, -0.2) is 35.0 Å². The highest BCUT2D eigenvalue weighted by molar-refractivity contribution is 5.56. The van der Waals surface area contributed by atoms with Crippen molar-refractivity contribution in [2.45, 2.75) is 19.0 Å². The molecule has 0 spiro atoms. The molecule has 21 heavy (non-hydrogen) atoms. The van der Waals surface area contributed by atoms with Crippen molar-refractivity contribution in [2.75, 3.05) is 23.6 Å². The van der Waals surface area contributed by atoms with Crippen LogP contribution < -0.4 is 15.7 Å². The highest BCUT2D eigenvalue weighted by Crippen LogP contribution is 2.27. The molecule has 6 nitrogen and oxygen atoms in total. The summed E-state index contributed by atoms with van der Waals surface area (Å²) in [6.45, 7) is 1.21. The Morgan fingerprint density at radius 1 is 1.43 bits per heavy atom. The fourth-order valence-corrected chi connectivity index (χ4v) is 2.67. The summed E-state index contributed by atoms with van der Waals surface area (Å²) in [6.07, 6.45) is 2.45. The molecule has 0 aliphatic carbocycles. The van der Waals surface area contributed by atoms with E-state index in [-0.39, 0.29) is 6.04 Å². The van der Waals surface area contributed by atoms with Crippen molar-refractivity contribution in [3.63, 3.8) is 0 Å². The molecule has 0 radical (unpaired) electrons. The lowest BCUT2D eigenvalue weighted by molar-refractivity contribution is 0.238. The van der Waals surface area contributed by atoms with Crippen molar-refractivity contribution in [3.8, 4) is 0 Å². The second kappa shape index (κ2) is 5.67. The fraction of sp³-hybridized carbons (Fsp3) is 0.333. The summed E-state index contributed by atoms with van der Waals surface area (Å²) < 4.78 is 0. The summed E-state index contributed by atoms with van der Waals surface area (Å²) in [5, 5.41) is 19.1. The molecule has 0 bridgehead atoms. The molecule has 1 aliphatic rings. The van der Waals surface area contributed by atoms with Crippen LogP contribution in [0.1, 0.15) is 11.1 Å². The molecule has 1 aromatic heterocycles. The third kappa shape index (κ3) is 2.96. The zero-order valence-corrected chi connectivity index (χ0v) is 12.0. The van der Waals surface area contributed by atoms with E-state index < -0.39 is 0 Å². The number of benzene rings is 1. The van der Waals surface area contributed by atoms with E-state index in [1.807, 2.05) is 36.2 Å². The summed E-state index contributed by atoms with van der Waals surface area (Å²) in [4.78, 5) is 2.04. The molecule has 0 unspecified atom stereocenters. The molecule has 1 aromatic carbocycles. The maximum absolute atomic E-state index is 9.91. The molecule has 0 fully saturated rings. The minimum absolute atomic E-state index is 0.0320. The summed E-state index contributed by atoms with van der Waals surface area (Å²) >= 11 is 0. The average Bonchev–Trinajstić information content (AvgIpc) is 2.47. The first-order valence-corrected chi connectivity index (χ1v) is 6.96. The lowest BCUT2D eigenvalue weighted by Crippen LogP contribution is -2.41. The molecule has 110 valence electrons. The summed E-state index contributed by atoms with van der Waals surface area (Å²) in [5.74, 6) is 0.829. The number of hydrogen-bond donors (Lipinski definition) is 2. The Hall–Kier alpha value is -2.18. The van der Waals surface area contributed by atoms with Crippen LogP contribution in [0, 0.1) is 0 Å². The molecule has 1 atom stereocenters. The van der Waals surface area contributed by atoms with E-state index in [4.69, 9.17) is 5.73 Å². The zero-order chi connectivity index (χ0) is 14.8. The number of anilines is 2. The molecule has 2 heterocycles. The Morgan fingerprint density at radius 2 is 2.29 bits per heavy atom. The van der Waals surface area contributed by atoms with Crippen molar-refractivity contribution in [1.29, 1.82) is 0 Å². The second-order valence-corrected chi connectivity index (χ2v) is 5.45. The van der Waals surface area contributed by atoms with Crippen LogP contribution in [0.5, 0.6) is 0 Å². The Bertz CT molecular complexity index is 619. The van der Waals surface area contributed by atoms with E-state index in [2.05, 4.69) is 16.3 Å². The standard InChI is InChI=1S/C15H19N5O/c1-19(15-3-2-6-17-18-15)9-11-4-5-14-12(7-11)8-13(16)10-20(14)21/h2-7,13,21H,8-10,16H2,1H3/t13-/m0/s1. The quantitative estimate of drug-likeness (QED) is 0.882. The van der Waals surface area contributed by atoms with Gasteiger partial charge in [-0.3, -0.25) is 10.3 Å². The topological polar surface area (TPSA) is 78.5 Å². The summed E-state index contributed by atoms with van der Waals surface area (Å²) in [6, 6.07) is 9.83. The largest absolute Gasteiger partial charge is 0.354 e. The molecular weight excluding hydrogens is 266 g/mol. The van der Waals surface area contributed by atoms with Crippen molar-refractivity contribution in [3.05, 3.63) is 47.7 Å². The molecule has 0 saturated carbocycles. The lowest BCUT2D eigenvalue weighted by Gasteiger charge is -2.30.